The largest absolute Gasteiger partial charge is 0.368 e. The van der Waals surface area contributed by atoms with E-state index in [0.717, 1.165) is 0 Å². The van der Waals surface area contributed by atoms with Gasteiger partial charge in [-0.25, -0.2) is 0 Å². The summed E-state index contributed by atoms with van der Waals surface area (Å²) in [7, 11) is 0. The minimum atomic E-state index is 0.161. The topological polar surface area (TPSA) is 117 Å². The first-order chi connectivity index (χ1) is 6.61. The second-order valence-electron chi connectivity index (χ2n) is 2.83. The van der Waals surface area contributed by atoms with Crippen LogP contribution in [0.5, 0.6) is 0 Å². The molecule has 6 nitrogen and oxygen atoms in total. The van der Waals surface area contributed by atoms with Crippen molar-refractivity contribution < 1.29 is 0 Å². The molecule has 14 heavy (non-hydrogen) atoms. The highest BCUT2D eigenvalue weighted by Crippen LogP contribution is 2.14. The van der Waals surface area contributed by atoms with Gasteiger partial charge in [-0.15, -0.1) is 11.8 Å². The predicted octanol–water partition coefficient (Wildman–Crippen LogP) is -0.384. The summed E-state index contributed by atoms with van der Waals surface area (Å²) in [4.78, 5) is 11.6. The number of hydrogen-bond donors (Lipinski definition) is 3. The van der Waals surface area contributed by atoms with E-state index in [-0.39, 0.29) is 11.9 Å². The van der Waals surface area contributed by atoms with Crippen molar-refractivity contribution in [2.75, 3.05) is 18.0 Å². The number of hydrogen-bond acceptors (Lipinski definition) is 7. The van der Waals surface area contributed by atoms with E-state index in [1.165, 1.54) is 0 Å². The van der Waals surface area contributed by atoms with Crippen molar-refractivity contribution >= 4 is 23.7 Å². The number of aromatic nitrogens is 3. The van der Waals surface area contributed by atoms with E-state index in [9.17, 15) is 0 Å². The fourth-order valence-corrected chi connectivity index (χ4v) is 1.50. The summed E-state index contributed by atoms with van der Waals surface area (Å²) < 4.78 is 0. The molecule has 0 saturated carbocycles. The average Bonchev–Trinajstić information content (AvgIpc) is 2.12. The molecule has 0 spiro atoms. The van der Waals surface area contributed by atoms with Gasteiger partial charge < -0.3 is 17.2 Å². The Morgan fingerprint density at radius 3 is 2.29 bits per heavy atom. The van der Waals surface area contributed by atoms with Crippen molar-refractivity contribution in [3.05, 3.63) is 5.82 Å². The van der Waals surface area contributed by atoms with Crippen molar-refractivity contribution in [3.8, 4) is 0 Å². The van der Waals surface area contributed by atoms with Crippen LogP contribution in [0.25, 0.3) is 0 Å². The predicted molar refractivity (Wildman–Crippen MR) is 58.5 cm³/mol. The molecule has 1 aromatic heterocycles. The first kappa shape index (κ1) is 11.0. The third-order valence-electron chi connectivity index (χ3n) is 1.55. The zero-order chi connectivity index (χ0) is 10.6. The normalized spacial score (nSPS) is 12.7. The lowest BCUT2D eigenvalue weighted by atomic mass is 10.5. The summed E-state index contributed by atoms with van der Waals surface area (Å²) in [6.07, 6.45) is 0. The highest BCUT2D eigenvalue weighted by atomic mass is 32.2. The van der Waals surface area contributed by atoms with Gasteiger partial charge in [0.15, 0.2) is 0 Å². The Labute approximate surface area is 86.7 Å². The van der Waals surface area contributed by atoms with Gasteiger partial charge in [0.2, 0.25) is 11.9 Å². The van der Waals surface area contributed by atoms with Crippen molar-refractivity contribution in [2.45, 2.75) is 17.9 Å². The Morgan fingerprint density at radius 2 is 1.79 bits per heavy atom. The minimum Gasteiger partial charge on any atom is -0.368 e. The smallest absolute Gasteiger partial charge is 0.225 e. The first-order valence-corrected chi connectivity index (χ1v) is 5.24. The molecule has 0 aliphatic carbocycles. The van der Waals surface area contributed by atoms with Crippen LogP contribution in [0, 0.1) is 0 Å². The molecule has 1 atom stereocenters. The zero-order valence-electron chi connectivity index (χ0n) is 7.97. The Hall–Kier alpha value is -1.08. The summed E-state index contributed by atoms with van der Waals surface area (Å²) in [5, 5.41) is 0.370. The van der Waals surface area contributed by atoms with Gasteiger partial charge in [-0.3, -0.25) is 0 Å². The van der Waals surface area contributed by atoms with Gasteiger partial charge in [0.25, 0.3) is 0 Å². The second kappa shape index (κ2) is 4.97. The van der Waals surface area contributed by atoms with E-state index in [1.807, 2.05) is 6.92 Å². The van der Waals surface area contributed by atoms with E-state index in [0.29, 0.717) is 23.4 Å². The maximum atomic E-state index is 5.47. The maximum absolute atomic E-state index is 5.47. The molecule has 7 heteroatoms. The van der Waals surface area contributed by atoms with Crippen LogP contribution in [-0.4, -0.2) is 26.7 Å². The average molecular weight is 214 g/mol. The quantitative estimate of drug-likeness (QED) is 0.625. The summed E-state index contributed by atoms with van der Waals surface area (Å²) >= 11 is 1.66. The molecule has 0 bridgehead atoms. The Balaban J connectivity index is 2.58. The molecule has 6 N–H and O–H groups in total. The molecule has 0 radical (unpaired) electrons. The third-order valence-corrected chi connectivity index (χ3v) is 2.73. The summed E-state index contributed by atoms with van der Waals surface area (Å²) in [5.74, 6) is 1.57. The van der Waals surface area contributed by atoms with E-state index in [1.54, 1.807) is 11.8 Å². The molecule has 0 aliphatic heterocycles. The molecule has 0 saturated heterocycles. The number of anilines is 2. The monoisotopic (exact) mass is 214 g/mol. The molecule has 0 aromatic carbocycles. The molecule has 0 fully saturated rings. The van der Waals surface area contributed by atoms with Crippen LogP contribution in [0.3, 0.4) is 0 Å². The van der Waals surface area contributed by atoms with Gasteiger partial charge in [-0.2, -0.15) is 15.0 Å². The minimum absolute atomic E-state index is 0.161. The van der Waals surface area contributed by atoms with Gasteiger partial charge >= 0.3 is 0 Å². The fourth-order valence-electron chi connectivity index (χ4n) is 0.806. The molecule has 1 heterocycles. The highest BCUT2D eigenvalue weighted by molar-refractivity contribution is 7.99. The molecule has 1 rings (SSSR count). The van der Waals surface area contributed by atoms with Gasteiger partial charge in [0, 0.05) is 11.8 Å². The van der Waals surface area contributed by atoms with E-state index in [2.05, 4.69) is 15.0 Å². The zero-order valence-corrected chi connectivity index (χ0v) is 8.79. The van der Waals surface area contributed by atoms with Crippen molar-refractivity contribution in [1.82, 2.24) is 15.0 Å². The van der Waals surface area contributed by atoms with Crippen molar-refractivity contribution in [1.29, 1.82) is 0 Å². The van der Waals surface area contributed by atoms with E-state index in [4.69, 9.17) is 17.2 Å². The van der Waals surface area contributed by atoms with Crippen LogP contribution in [0.1, 0.15) is 12.7 Å². The summed E-state index contributed by atoms with van der Waals surface area (Å²) in [6.45, 7) is 2.67. The fraction of sp³-hybridized carbons (Fsp3) is 0.571. The Kier molecular flexibility index (Phi) is 3.90. The summed E-state index contributed by atoms with van der Waals surface area (Å²) in [6, 6.07) is 0. The Morgan fingerprint density at radius 1 is 1.21 bits per heavy atom. The Bertz CT molecular complexity index is 284. The lowest BCUT2D eigenvalue weighted by Crippen LogP contribution is -2.13. The lowest BCUT2D eigenvalue weighted by Gasteiger charge is -2.07. The van der Waals surface area contributed by atoms with Gasteiger partial charge in [-0.1, -0.05) is 6.92 Å². The molecular weight excluding hydrogens is 200 g/mol. The molecule has 78 valence electrons. The first-order valence-electron chi connectivity index (χ1n) is 4.19. The van der Waals surface area contributed by atoms with Crippen LogP contribution in [0.4, 0.5) is 11.9 Å². The molecular formula is C7H14N6S. The van der Waals surface area contributed by atoms with E-state index >= 15 is 0 Å². The number of nitrogen functional groups attached to an aromatic ring is 2. The standard InChI is InChI=1S/C7H14N6S/c1-4(2-8)14-3-5-11-6(9)13-7(10)12-5/h4H,2-3,8H2,1H3,(H4,9,10,11,12,13). The molecule has 1 aromatic rings. The van der Waals surface area contributed by atoms with Crippen molar-refractivity contribution in [2.24, 2.45) is 5.73 Å². The SMILES string of the molecule is CC(CN)SCc1nc(N)nc(N)n1. The van der Waals surface area contributed by atoms with Gasteiger partial charge in [0.05, 0.1) is 5.75 Å². The number of rotatable bonds is 4. The van der Waals surface area contributed by atoms with Gasteiger partial charge in [-0.05, 0) is 0 Å². The number of nitrogens with zero attached hydrogens (tertiary/aromatic N) is 3. The van der Waals surface area contributed by atoms with Crippen molar-refractivity contribution in [3.63, 3.8) is 0 Å². The van der Waals surface area contributed by atoms with Gasteiger partial charge in [0.1, 0.15) is 5.82 Å². The summed E-state index contributed by atoms with van der Waals surface area (Å²) in [5.41, 5.74) is 16.3. The third kappa shape index (κ3) is 3.35. The molecule has 1 unspecified atom stereocenters. The number of nitrogens with two attached hydrogens (primary N) is 3. The highest BCUT2D eigenvalue weighted by Gasteiger charge is 2.04. The lowest BCUT2D eigenvalue weighted by molar-refractivity contribution is 0.939. The molecule has 0 aliphatic rings. The number of thioether (sulfide) groups is 1. The van der Waals surface area contributed by atoms with E-state index < -0.39 is 0 Å². The maximum Gasteiger partial charge on any atom is 0.225 e. The molecule has 0 amide bonds. The van der Waals surface area contributed by atoms with Crippen LogP contribution >= 0.6 is 11.8 Å². The van der Waals surface area contributed by atoms with Crippen LogP contribution < -0.4 is 17.2 Å². The second-order valence-corrected chi connectivity index (χ2v) is 4.25. The van der Waals surface area contributed by atoms with Crippen LogP contribution in [0.15, 0.2) is 0 Å². The van der Waals surface area contributed by atoms with Crippen LogP contribution in [-0.2, 0) is 5.75 Å². The van der Waals surface area contributed by atoms with Crippen LogP contribution in [0.2, 0.25) is 0 Å².